The highest BCUT2D eigenvalue weighted by atomic mass is 16.5. The van der Waals surface area contributed by atoms with Gasteiger partial charge in [0.1, 0.15) is 5.75 Å². The third kappa shape index (κ3) is 3.78. The summed E-state index contributed by atoms with van der Waals surface area (Å²) >= 11 is 0. The number of hydrogen-bond donors (Lipinski definition) is 1. The molecule has 190 valence electrons. The van der Waals surface area contributed by atoms with Gasteiger partial charge in [0.2, 0.25) is 0 Å². The van der Waals surface area contributed by atoms with Gasteiger partial charge in [0.05, 0.1) is 35.9 Å². The molecule has 1 aromatic heterocycles. The number of aromatic nitrogens is 2. The summed E-state index contributed by atoms with van der Waals surface area (Å²) in [4.78, 5) is 12.6. The van der Waals surface area contributed by atoms with Crippen molar-refractivity contribution in [2.45, 2.75) is 13.0 Å². The number of ether oxygens (including phenoxy) is 1. The Morgan fingerprint density at radius 1 is 0.769 bits per heavy atom. The third-order valence-electron chi connectivity index (χ3n) is 7.11. The summed E-state index contributed by atoms with van der Waals surface area (Å²) in [6, 6.07) is 36.3. The average molecular weight is 511 g/mol. The molecule has 3 heterocycles. The summed E-state index contributed by atoms with van der Waals surface area (Å²) in [5.41, 5.74) is 6.69. The lowest BCUT2D eigenvalue weighted by atomic mass is 9.92. The van der Waals surface area contributed by atoms with Gasteiger partial charge < -0.3 is 15.0 Å². The number of fused-ring (bicyclic) bond motifs is 4. The Morgan fingerprint density at radius 2 is 1.46 bits per heavy atom. The monoisotopic (exact) mass is 510 g/mol. The number of nitrogens with zero attached hydrogens (tertiary/aromatic N) is 5. The van der Waals surface area contributed by atoms with E-state index in [1.54, 1.807) is 7.11 Å². The summed E-state index contributed by atoms with van der Waals surface area (Å²) in [5, 5.41) is 8.53. The summed E-state index contributed by atoms with van der Waals surface area (Å²) in [7, 11) is 1.71. The normalized spacial score (nSPS) is 15.4. The van der Waals surface area contributed by atoms with Crippen LogP contribution in [-0.2, 0) is 0 Å². The molecule has 1 atom stereocenters. The van der Waals surface area contributed by atoms with E-state index in [4.69, 9.17) is 19.8 Å². The standard InChI is InChI=1S/C32H26N6O/c1-21-28-29(24-17-9-12-20-27(24)39-2)37-26-19-11-10-18-25(26)34-30(33-22-13-5-3-6-14-22)32(37)35-31(28)38(36-21)23-15-7-4-8-16-23/h3-20,29H,1-2H3,(H,33,34)/t29-/m1/s1. The first-order chi connectivity index (χ1) is 19.2. The maximum atomic E-state index is 5.90. The summed E-state index contributed by atoms with van der Waals surface area (Å²) in [6.07, 6.45) is 0. The number of amidine groups is 2. The summed E-state index contributed by atoms with van der Waals surface area (Å²) < 4.78 is 7.82. The zero-order valence-electron chi connectivity index (χ0n) is 21.6. The Kier molecular flexibility index (Phi) is 5.48. The molecule has 0 bridgehead atoms. The Labute approximate surface area is 226 Å². The van der Waals surface area contributed by atoms with Crippen molar-refractivity contribution in [2.75, 3.05) is 17.3 Å². The number of methoxy groups -OCH3 is 1. The topological polar surface area (TPSA) is 67.0 Å². The lowest BCUT2D eigenvalue weighted by Gasteiger charge is -2.41. The highest BCUT2D eigenvalue weighted by Crippen LogP contribution is 2.49. The molecule has 0 spiro atoms. The summed E-state index contributed by atoms with van der Waals surface area (Å²) in [6.45, 7) is 2.05. The third-order valence-corrected chi connectivity index (χ3v) is 7.11. The Hall–Kier alpha value is -5.17. The van der Waals surface area contributed by atoms with Crippen LogP contribution in [0.1, 0.15) is 22.9 Å². The predicted octanol–water partition coefficient (Wildman–Crippen LogP) is 6.98. The Balaban J connectivity index is 1.53. The number of anilines is 2. The number of aliphatic imine (C=N–C) groups is 2. The molecular formula is C32H26N6O. The van der Waals surface area contributed by atoms with Crippen LogP contribution in [0.25, 0.3) is 5.69 Å². The van der Waals surface area contributed by atoms with Gasteiger partial charge in [-0.25, -0.2) is 14.7 Å². The van der Waals surface area contributed by atoms with Gasteiger partial charge >= 0.3 is 0 Å². The fraction of sp³-hybridized carbons (Fsp3) is 0.0938. The first-order valence-corrected chi connectivity index (χ1v) is 12.9. The van der Waals surface area contributed by atoms with Gasteiger partial charge in [-0.3, -0.25) is 0 Å². The zero-order chi connectivity index (χ0) is 26.3. The first kappa shape index (κ1) is 23.0. The number of rotatable bonds is 4. The van der Waals surface area contributed by atoms with Crippen LogP contribution < -0.4 is 15.0 Å². The van der Waals surface area contributed by atoms with E-state index in [1.165, 1.54) is 0 Å². The van der Waals surface area contributed by atoms with E-state index in [9.17, 15) is 0 Å². The van der Waals surface area contributed by atoms with Gasteiger partial charge in [-0.05, 0) is 49.4 Å². The minimum absolute atomic E-state index is 0.245. The molecule has 0 saturated heterocycles. The number of para-hydroxylation sites is 5. The van der Waals surface area contributed by atoms with Crippen molar-refractivity contribution in [1.29, 1.82) is 0 Å². The van der Waals surface area contributed by atoms with Crippen molar-refractivity contribution in [3.8, 4) is 11.4 Å². The molecule has 2 aliphatic rings. The van der Waals surface area contributed by atoms with Crippen molar-refractivity contribution in [3.05, 3.63) is 126 Å². The van der Waals surface area contributed by atoms with Crippen LogP contribution in [0, 0.1) is 6.92 Å². The van der Waals surface area contributed by atoms with Crippen LogP contribution >= 0.6 is 0 Å². The minimum Gasteiger partial charge on any atom is -0.496 e. The smallest absolute Gasteiger partial charge is 0.179 e. The maximum absolute atomic E-state index is 5.90. The molecule has 0 radical (unpaired) electrons. The fourth-order valence-electron chi connectivity index (χ4n) is 5.39. The van der Waals surface area contributed by atoms with E-state index in [-0.39, 0.29) is 6.04 Å². The van der Waals surface area contributed by atoms with Gasteiger partial charge in [0.15, 0.2) is 17.5 Å². The van der Waals surface area contributed by atoms with Crippen LogP contribution in [0.4, 0.5) is 22.9 Å². The molecule has 0 saturated carbocycles. The fourth-order valence-corrected chi connectivity index (χ4v) is 5.39. The quantitative estimate of drug-likeness (QED) is 0.283. The molecule has 7 rings (SSSR count). The molecule has 0 fully saturated rings. The first-order valence-electron chi connectivity index (χ1n) is 12.9. The number of aryl methyl sites for hydroxylation is 1. The van der Waals surface area contributed by atoms with E-state index in [0.29, 0.717) is 5.84 Å². The molecule has 39 heavy (non-hydrogen) atoms. The van der Waals surface area contributed by atoms with Crippen LogP contribution in [0.15, 0.2) is 119 Å². The second-order valence-corrected chi connectivity index (χ2v) is 9.46. The van der Waals surface area contributed by atoms with Gasteiger partial charge in [0, 0.05) is 16.8 Å². The number of benzene rings is 4. The SMILES string of the molecule is COc1ccccc1[C@@H]1c2c(C)nn(-c3ccccc3)c2N=C2C(Nc3ccccc3)=Nc3ccccc3N21. The number of nitrogens with one attached hydrogen (secondary N) is 1. The van der Waals surface area contributed by atoms with Gasteiger partial charge in [0.25, 0.3) is 0 Å². The zero-order valence-corrected chi connectivity index (χ0v) is 21.6. The second-order valence-electron chi connectivity index (χ2n) is 9.46. The van der Waals surface area contributed by atoms with E-state index in [1.807, 2.05) is 109 Å². The second kappa shape index (κ2) is 9.29. The van der Waals surface area contributed by atoms with Crippen molar-refractivity contribution in [2.24, 2.45) is 9.98 Å². The molecule has 0 aliphatic carbocycles. The Morgan fingerprint density at radius 3 is 2.26 bits per heavy atom. The molecule has 1 N–H and O–H groups in total. The van der Waals surface area contributed by atoms with Gasteiger partial charge in [-0.1, -0.05) is 66.7 Å². The highest BCUT2D eigenvalue weighted by Gasteiger charge is 2.42. The van der Waals surface area contributed by atoms with Crippen molar-refractivity contribution in [3.63, 3.8) is 0 Å². The van der Waals surface area contributed by atoms with Crippen LogP contribution in [0.2, 0.25) is 0 Å². The van der Waals surface area contributed by atoms with Crippen LogP contribution in [-0.4, -0.2) is 28.6 Å². The van der Waals surface area contributed by atoms with Crippen molar-refractivity contribution in [1.82, 2.24) is 9.78 Å². The van der Waals surface area contributed by atoms with Crippen LogP contribution in [0.5, 0.6) is 5.75 Å². The van der Waals surface area contributed by atoms with Gasteiger partial charge in [-0.2, -0.15) is 5.10 Å². The van der Waals surface area contributed by atoms with E-state index in [0.717, 1.165) is 57.0 Å². The maximum Gasteiger partial charge on any atom is 0.179 e. The largest absolute Gasteiger partial charge is 0.496 e. The molecule has 0 amide bonds. The van der Waals surface area contributed by atoms with E-state index < -0.39 is 0 Å². The molecule has 0 unspecified atom stereocenters. The molecular weight excluding hydrogens is 484 g/mol. The molecule has 7 nitrogen and oxygen atoms in total. The minimum atomic E-state index is -0.245. The number of hydrogen-bond acceptors (Lipinski definition) is 6. The van der Waals surface area contributed by atoms with Crippen LogP contribution in [0.3, 0.4) is 0 Å². The Bertz CT molecular complexity index is 1740. The highest BCUT2D eigenvalue weighted by molar-refractivity contribution is 6.51. The van der Waals surface area contributed by atoms with E-state index >= 15 is 0 Å². The van der Waals surface area contributed by atoms with Crippen molar-refractivity contribution < 1.29 is 4.74 Å². The van der Waals surface area contributed by atoms with Gasteiger partial charge in [-0.15, -0.1) is 0 Å². The van der Waals surface area contributed by atoms with E-state index in [2.05, 4.69) is 22.3 Å². The lowest BCUT2D eigenvalue weighted by molar-refractivity contribution is 0.407. The molecule has 2 aliphatic heterocycles. The molecule has 4 aromatic carbocycles. The van der Waals surface area contributed by atoms with Crippen molar-refractivity contribution >= 4 is 34.6 Å². The molecule has 7 heteroatoms. The molecule has 5 aromatic rings. The summed E-state index contributed by atoms with van der Waals surface area (Å²) in [5.74, 6) is 2.98. The lowest BCUT2D eigenvalue weighted by Crippen LogP contribution is -2.46. The average Bonchev–Trinajstić information content (AvgIpc) is 3.33. The predicted molar refractivity (Wildman–Crippen MR) is 156 cm³/mol.